The Morgan fingerprint density at radius 3 is 2.17 bits per heavy atom. The lowest BCUT2D eigenvalue weighted by Gasteiger charge is -2.10. The fourth-order valence-electron chi connectivity index (χ4n) is 2.10. The van der Waals surface area contributed by atoms with Crippen molar-refractivity contribution in [3.05, 3.63) is 29.8 Å². The molecule has 23 heavy (non-hydrogen) atoms. The highest BCUT2D eigenvalue weighted by atomic mass is 32.3. The van der Waals surface area contributed by atoms with Gasteiger partial charge in [-0.2, -0.15) is 8.42 Å². The van der Waals surface area contributed by atoms with Gasteiger partial charge in [0.2, 0.25) is 0 Å². The monoisotopic (exact) mass is 347 g/mol. The SMILES string of the molecule is CCCCCCCCc1ccccc1OCC[O].O=S(=O)(O)O. The second-order valence-corrected chi connectivity index (χ2v) is 6.02. The first kappa shape index (κ1) is 21.9. The molecule has 0 aliphatic heterocycles. The van der Waals surface area contributed by atoms with E-state index in [-0.39, 0.29) is 13.2 Å². The van der Waals surface area contributed by atoms with Crippen LogP contribution in [0.5, 0.6) is 5.75 Å². The zero-order valence-electron chi connectivity index (χ0n) is 13.6. The molecular formula is C16H27O6S. The number of benzene rings is 1. The highest BCUT2D eigenvalue weighted by molar-refractivity contribution is 7.79. The van der Waals surface area contributed by atoms with Crippen LogP contribution >= 0.6 is 0 Å². The van der Waals surface area contributed by atoms with Crippen LogP contribution in [0.2, 0.25) is 0 Å². The van der Waals surface area contributed by atoms with E-state index in [1.807, 2.05) is 18.2 Å². The fourth-order valence-corrected chi connectivity index (χ4v) is 2.10. The van der Waals surface area contributed by atoms with Gasteiger partial charge in [-0.25, -0.2) is 5.11 Å². The molecule has 0 amide bonds. The Morgan fingerprint density at radius 1 is 1.00 bits per heavy atom. The lowest BCUT2D eigenvalue weighted by Crippen LogP contribution is -2.03. The van der Waals surface area contributed by atoms with Gasteiger partial charge in [-0.3, -0.25) is 9.11 Å². The summed E-state index contributed by atoms with van der Waals surface area (Å²) in [5.41, 5.74) is 1.24. The maximum Gasteiger partial charge on any atom is 0.394 e. The smallest absolute Gasteiger partial charge is 0.394 e. The lowest BCUT2D eigenvalue weighted by atomic mass is 10.0. The molecule has 0 atom stereocenters. The number of para-hydroxylation sites is 1. The van der Waals surface area contributed by atoms with Crippen LogP contribution in [0.1, 0.15) is 51.0 Å². The molecule has 1 aromatic rings. The number of hydrogen-bond acceptors (Lipinski definition) is 3. The van der Waals surface area contributed by atoms with E-state index in [2.05, 4.69) is 13.0 Å². The molecule has 0 saturated carbocycles. The molecular weight excluding hydrogens is 320 g/mol. The molecule has 0 heterocycles. The Balaban J connectivity index is 0.000000841. The van der Waals surface area contributed by atoms with Crippen molar-refractivity contribution in [3.8, 4) is 5.75 Å². The molecule has 0 saturated heterocycles. The minimum absolute atomic E-state index is 0.175. The first-order chi connectivity index (χ1) is 10.9. The maximum absolute atomic E-state index is 10.5. The molecule has 0 aliphatic rings. The Morgan fingerprint density at radius 2 is 1.57 bits per heavy atom. The lowest BCUT2D eigenvalue weighted by molar-refractivity contribution is 0.137. The van der Waals surface area contributed by atoms with Crippen molar-refractivity contribution in [2.45, 2.75) is 51.9 Å². The Labute approximate surface area is 139 Å². The Bertz CT molecular complexity index is 493. The molecule has 1 aromatic carbocycles. The second kappa shape index (κ2) is 13.3. The standard InChI is InChI=1S/C16H25O2.H2O4S/c1-2-3-4-5-6-7-10-15-11-8-9-12-16(15)18-14-13-17;1-5(2,3)4/h8-9,11-12H,2-7,10,13-14H2,1H3;(H2,1,2,3,4). The van der Waals surface area contributed by atoms with E-state index in [1.54, 1.807) is 0 Å². The van der Waals surface area contributed by atoms with Gasteiger partial charge in [0.15, 0.2) is 0 Å². The van der Waals surface area contributed by atoms with E-state index >= 15 is 0 Å². The Kier molecular flexibility index (Phi) is 12.6. The number of hydrogen-bond donors (Lipinski definition) is 2. The minimum atomic E-state index is -4.67. The largest absolute Gasteiger partial charge is 0.491 e. The van der Waals surface area contributed by atoms with Gasteiger partial charge in [-0.15, -0.1) is 0 Å². The van der Waals surface area contributed by atoms with Crippen LogP contribution in [-0.2, 0) is 21.9 Å². The van der Waals surface area contributed by atoms with Crippen LogP contribution in [0.25, 0.3) is 0 Å². The third-order valence-corrected chi connectivity index (χ3v) is 3.11. The van der Waals surface area contributed by atoms with Gasteiger partial charge in [-0.1, -0.05) is 57.2 Å². The normalized spacial score (nSPS) is 10.8. The summed E-state index contributed by atoms with van der Waals surface area (Å²) >= 11 is 0. The molecule has 1 radical (unpaired) electrons. The molecule has 0 unspecified atom stereocenters. The molecule has 2 N–H and O–H groups in total. The third-order valence-electron chi connectivity index (χ3n) is 3.11. The molecule has 0 aromatic heterocycles. The van der Waals surface area contributed by atoms with Crippen LogP contribution in [-0.4, -0.2) is 30.7 Å². The van der Waals surface area contributed by atoms with Crippen LogP contribution in [0.15, 0.2) is 24.3 Å². The predicted octanol–water partition coefficient (Wildman–Crippen LogP) is 3.75. The molecule has 1 rings (SSSR count). The minimum Gasteiger partial charge on any atom is -0.491 e. The number of rotatable bonds is 10. The summed E-state index contributed by atoms with van der Waals surface area (Å²) in [6.07, 6.45) is 8.88. The molecule has 133 valence electrons. The zero-order chi connectivity index (χ0) is 17.6. The zero-order valence-corrected chi connectivity index (χ0v) is 14.4. The van der Waals surface area contributed by atoms with Crippen molar-refractivity contribution in [1.29, 1.82) is 0 Å². The highest BCUT2D eigenvalue weighted by Crippen LogP contribution is 2.20. The average molecular weight is 347 g/mol. The van der Waals surface area contributed by atoms with Gasteiger partial charge in [0, 0.05) is 0 Å². The van der Waals surface area contributed by atoms with Crippen molar-refractivity contribution < 1.29 is 27.4 Å². The van der Waals surface area contributed by atoms with Crippen LogP contribution in [0.4, 0.5) is 0 Å². The van der Waals surface area contributed by atoms with Gasteiger partial charge in [0.05, 0.1) is 0 Å². The second-order valence-electron chi connectivity index (χ2n) is 5.13. The number of ether oxygens (including phenoxy) is 1. The van der Waals surface area contributed by atoms with Gasteiger partial charge < -0.3 is 4.74 Å². The summed E-state index contributed by atoms with van der Waals surface area (Å²) in [6.45, 7) is 2.34. The van der Waals surface area contributed by atoms with E-state index < -0.39 is 10.4 Å². The van der Waals surface area contributed by atoms with Gasteiger partial charge in [0.1, 0.15) is 19.0 Å². The van der Waals surface area contributed by atoms with E-state index in [0.717, 1.165) is 12.2 Å². The topological polar surface area (TPSA) is 104 Å². The van der Waals surface area contributed by atoms with Crippen molar-refractivity contribution in [3.63, 3.8) is 0 Å². The summed E-state index contributed by atoms with van der Waals surface area (Å²) in [5.74, 6) is 0.891. The first-order valence-corrected chi connectivity index (χ1v) is 9.26. The molecule has 0 fully saturated rings. The molecule has 0 spiro atoms. The summed E-state index contributed by atoms with van der Waals surface area (Å²) in [4.78, 5) is 0. The quantitative estimate of drug-likeness (QED) is 0.495. The van der Waals surface area contributed by atoms with Crippen LogP contribution < -0.4 is 4.74 Å². The maximum atomic E-state index is 10.5. The van der Waals surface area contributed by atoms with Gasteiger partial charge in [-0.05, 0) is 24.5 Å². The van der Waals surface area contributed by atoms with Crippen LogP contribution in [0.3, 0.4) is 0 Å². The van der Waals surface area contributed by atoms with E-state index in [0.29, 0.717) is 0 Å². The predicted molar refractivity (Wildman–Crippen MR) is 88.7 cm³/mol. The average Bonchev–Trinajstić information content (AvgIpc) is 2.48. The summed E-state index contributed by atoms with van der Waals surface area (Å²) in [7, 11) is -4.67. The molecule has 0 bridgehead atoms. The fraction of sp³-hybridized carbons (Fsp3) is 0.625. The van der Waals surface area contributed by atoms with Gasteiger partial charge >= 0.3 is 10.4 Å². The third kappa shape index (κ3) is 15.5. The van der Waals surface area contributed by atoms with E-state index in [1.165, 1.54) is 44.1 Å². The van der Waals surface area contributed by atoms with Crippen molar-refractivity contribution in [2.24, 2.45) is 0 Å². The molecule has 0 aliphatic carbocycles. The van der Waals surface area contributed by atoms with E-state index in [9.17, 15) is 5.11 Å². The highest BCUT2D eigenvalue weighted by Gasteiger charge is 2.02. The summed E-state index contributed by atoms with van der Waals surface area (Å²) < 4.78 is 37.1. The van der Waals surface area contributed by atoms with Crippen LogP contribution in [0, 0.1) is 0 Å². The van der Waals surface area contributed by atoms with Crippen molar-refractivity contribution in [1.82, 2.24) is 0 Å². The molecule has 6 nitrogen and oxygen atoms in total. The van der Waals surface area contributed by atoms with Crippen molar-refractivity contribution in [2.75, 3.05) is 13.2 Å². The summed E-state index contributed by atoms with van der Waals surface area (Å²) in [5, 5.41) is 10.5. The number of unbranched alkanes of at least 4 members (excludes halogenated alkanes) is 5. The summed E-state index contributed by atoms with van der Waals surface area (Å²) in [6, 6.07) is 8.07. The number of aryl methyl sites for hydroxylation is 1. The first-order valence-electron chi connectivity index (χ1n) is 7.87. The van der Waals surface area contributed by atoms with Crippen molar-refractivity contribution >= 4 is 10.4 Å². The van der Waals surface area contributed by atoms with Gasteiger partial charge in [0.25, 0.3) is 0 Å². The molecule has 7 heteroatoms. The Hall–Kier alpha value is -1.15. The van der Waals surface area contributed by atoms with E-state index in [4.69, 9.17) is 22.3 Å².